The quantitative estimate of drug-likeness (QED) is 0.212. The number of nitrogens with zero attached hydrogens (tertiary/aromatic N) is 2. The lowest BCUT2D eigenvalue weighted by molar-refractivity contribution is 0.585. The Morgan fingerprint density at radius 2 is 0.732 bits per heavy atom. The first kappa shape index (κ1) is 22.3. The molecule has 0 saturated heterocycles. The molecule has 3 heteroatoms. The second kappa shape index (κ2) is 8.48. The molecule has 9 aromatic rings. The molecule has 3 nitrogen and oxygen atoms in total. The van der Waals surface area contributed by atoms with Crippen LogP contribution in [-0.2, 0) is 0 Å². The molecule has 1 aromatic heterocycles. The molecule has 0 saturated carbocycles. The van der Waals surface area contributed by atoms with Gasteiger partial charge < -0.3 is 4.42 Å². The Kier molecular flexibility index (Phi) is 4.61. The maximum Gasteiger partial charge on any atom is 0.248 e. The van der Waals surface area contributed by atoms with Crippen molar-refractivity contribution in [3.8, 4) is 22.9 Å². The van der Waals surface area contributed by atoms with Crippen molar-refractivity contribution in [2.75, 3.05) is 0 Å². The van der Waals surface area contributed by atoms with Gasteiger partial charge in [-0.25, -0.2) is 0 Å². The van der Waals surface area contributed by atoms with Crippen LogP contribution in [0.25, 0.3) is 87.5 Å². The van der Waals surface area contributed by atoms with E-state index in [4.69, 9.17) is 4.42 Å². The maximum atomic E-state index is 6.25. The number of benzene rings is 8. The molecular formula is C38H22N2O. The molecule has 0 bridgehead atoms. The van der Waals surface area contributed by atoms with Gasteiger partial charge in [0.1, 0.15) is 0 Å². The first-order chi connectivity index (χ1) is 20.3. The minimum absolute atomic E-state index is 0.518. The van der Waals surface area contributed by atoms with Gasteiger partial charge in [-0.3, -0.25) is 0 Å². The summed E-state index contributed by atoms with van der Waals surface area (Å²) < 4.78 is 6.25. The van der Waals surface area contributed by atoms with Crippen molar-refractivity contribution >= 4 is 64.6 Å². The Balaban J connectivity index is 1.14. The van der Waals surface area contributed by atoms with E-state index in [1.54, 1.807) is 0 Å². The van der Waals surface area contributed by atoms with Crippen LogP contribution in [0.15, 0.2) is 138 Å². The van der Waals surface area contributed by atoms with Crippen LogP contribution in [0.4, 0.5) is 0 Å². The van der Waals surface area contributed by atoms with Crippen LogP contribution in [0.5, 0.6) is 0 Å². The highest BCUT2D eigenvalue weighted by atomic mass is 16.4. The fourth-order valence-electron chi connectivity index (χ4n) is 6.39. The van der Waals surface area contributed by atoms with Gasteiger partial charge in [0.25, 0.3) is 0 Å². The molecule has 0 aliphatic heterocycles. The zero-order valence-electron chi connectivity index (χ0n) is 22.0. The van der Waals surface area contributed by atoms with Gasteiger partial charge in [-0.2, -0.15) is 0 Å². The lowest BCUT2D eigenvalue weighted by Gasteiger charge is -2.09. The molecule has 41 heavy (non-hydrogen) atoms. The van der Waals surface area contributed by atoms with Crippen molar-refractivity contribution < 1.29 is 4.42 Å². The molecular weight excluding hydrogens is 500 g/mol. The molecule has 0 aliphatic rings. The van der Waals surface area contributed by atoms with Gasteiger partial charge in [-0.1, -0.05) is 109 Å². The van der Waals surface area contributed by atoms with E-state index in [9.17, 15) is 0 Å². The summed E-state index contributed by atoms with van der Waals surface area (Å²) >= 11 is 0. The van der Waals surface area contributed by atoms with E-state index < -0.39 is 0 Å². The summed E-state index contributed by atoms with van der Waals surface area (Å²) in [6.07, 6.45) is 0. The summed E-state index contributed by atoms with van der Waals surface area (Å²) in [5.41, 5.74) is 1.82. The summed E-state index contributed by atoms with van der Waals surface area (Å²) in [6.45, 7) is 0. The van der Waals surface area contributed by atoms with E-state index in [-0.39, 0.29) is 0 Å². The van der Waals surface area contributed by atoms with E-state index in [1.165, 1.54) is 53.9 Å². The number of hydrogen-bond donors (Lipinski definition) is 0. The molecule has 0 radical (unpaired) electrons. The van der Waals surface area contributed by atoms with Crippen LogP contribution in [0.2, 0.25) is 0 Å². The number of fused-ring (bicyclic) bond motifs is 10. The third-order valence-electron chi connectivity index (χ3n) is 8.37. The fraction of sp³-hybridized carbons (Fsp3) is 0. The summed E-state index contributed by atoms with van der Waals surface area (Å²) in [5.74, 6) is 1.04. The average molecular weight is 523 g/mol. The number of hydrogen-bond acceptors (Lipinski definition) is 3. The first-order valence-corrected chi connectivity index (χ1v) is 13.8. The van der Waals surface area contributed by atoms with Crippen molar-refractivity contribution in [3.63, 3.8) is 0 Å². The minimum Gasteiger partial charge on any atom is -0.416 e. The zero-order chi connectivity index (χ0) is 26.9. The molecule has 0 N–H and O–H groups in total. The predicted molar refractivity (Wildman–Crippen MR) is 170 cm³/mol. The second-order valence-electron chi connectivity index (χ2n) is 10.7. The highest BCUT2D eigenvalue weighted by Crippen LogP contribution is 2.36. The molecule has 0 fully saturated rings. The van der Waals surface area contributed by atoms with Crippen LogP contribution in [0, 0.1) is 0 Å². The van der Waals surface area contributed by atoms with Gasteiger partial charge in [0, 0.05) is 11.1 Å². The van der Waals surface area contributed by atoms with Crippen molar-refractivity contribution in [2.45, 2.75) is 0 Å². The van der Waals surface area contributed by atoms with E-state index >= 15 is 0 Å². The zero-order valence-corrected chi connectivity index (χ0v) is 22.0. The molecule has 0 spiro atoms. The Morgan fingerprint density at radius 3 is 1.22 bits per heavy atom. The molecule has 0 aliphatic carbocycles. The Bertz CT molecular complexity index is 2320. The molecule has 9 rings (SSSR count). The van der Waals surface area contributed by atoms with Crippen LogP contribution < -0.4 is 0 Å². The Hall–Kier alpha value is -5.54. The smallest absolute Gasteiger partial charge is 0.248 e. The van der Waals surface area contributed by atoms with Crippen molar-refractivity contribution in [1.82, 2.24) is 10.2 Å². The van der Waals surface area contributed by atoms with Crippen molar-refractivity contribution in [3.05, 3.63) is 133 Å². The van der Waals surface area contributed by atoms with Crippen molar-refractivity contribution in [1.29, 1.82) is 0 Å². The number of aromatic nitrogens is 2. The molecule has 1 heterocycles. The van der Waals surface area contributed by atoms with E-state index in [0.29, 0.717) is 11.8 Å². The van der Waals surface area contributed by atoms with E-state index in [2.05, 4.69) is 144 Å². The van der Waals surface area contributed by atoms with Crippen LogP contribution >= 0.6 is 0 Å². The number of rotatable bonds is 2. The van der Waals surface area contributed by atoms with Gasteiger partial charge >= 0.3 is 0 Å². The summed E-state index contributed by atoms with van der Waals surface area (Å²) in [7, 11) is 0. The average Bonchev–Trinajstić information content (AvgIpc) is 3.54. The van der Waals surface area contributed by atoms with Gasteiger partial charge in [-0.05, 0) is 88.9 Å². The van der Waals surface area contributed by atoms with E-state index in [1.807, 2.05) is 0 Å². The van der Waals surface area contributed by atoms with Gasteiger partial charge in [0.05, 0.1) is 0 Å². The summed E-state index contributed by atoms with van der Waals surface area (Å²) in [5, 5.41) is 23.6. The van der Waals surface area contributed by atoms with Crippen LogP contribution in [0.3, 0.4) is 0 Å². The molecule has 0 unspecified atom stereocenters. The standard InChI is InChI=1S/C38H22N2O/c1-3-7-31-23(5-1)9-11-25-13-15-27-21-29(17-19-33(27)35(25)31)37-39-40-38(41-37)30-18-20-34-28(22-30)16-14-26-12-10-24-6-2-4-8-32(24)36(26)34/h1-22H. The normalized spacial score (nSPS) is 11.9. The molecule has 0 atom stereocenters. The minimum atomic E-state index is 0.518. The highest BCUT2D eigenvalue weighted by molar-refractivity contribution is 6.21. The first-order valence-electron chi connectivity index (χ1n) is 13.8. The van der Waals surface area contributed by atoms with E-state index in [0.717, 1.165) is 21.9 Å². The lowest BCUT2D eigenvalue weighted by Crippen LogP contribution is -1.83. The van der Waals surface area contributed by atoms with Gasteiger partial charge in [0.2, 0.25) is 11.8 Å². The Labute approximate surface area is 235 Å². The van der Waals surface area contributed by atoms with Gasteiger partial charge in [0.15, 0.2) is 0 Å². The SMILES string of the molecule is c1ccc2c(c1)ccc1ccc3cc(-c4nnc(-c5ccc6c(ccc7ccc8ccccc8c76)c5)o4)ccc3c12. The molecule has 0 amide bonds. The van der Waals surface area contributed by atoms with Crippen LogP contribution in [0.1, 0.15) is 0 Å². The largest absolute Gasteiger partial charge is 0.416 e. The third kappa shape index (κ3) is 3.39. The fourth-order valence-corrected chi connectivity index (χ4v) is 6.39. The molecule has 8 aromatic carbocycles. The lowest BCUT2D eigenvalue weighted by atomic mass is 9.95. The third-order valence-corrected chi connectivity index (χ3v) is 8.37. The summed E-state index contributed by atoms with van der Waals surface area (Å²) in [4.78, 5) is 0. The highest BCUT2D eigenvalue weighted by Gasteiger charge is 2.14. The van der Waals surface area contributed by atoms with Crippen LogP contribution in [-0.4, -0.2) is 10.2 Å². The Morgan fingerprint density at radius 1 is 0.341 bits per heavy atom. The van der Waals surface area contributed by atoms with Crippen molar-refractivity contribution in [2.24, 2.45) is 0 Å². The maximum absolute atomic E-state index is 6.25. The predicted octanol–water partition coefficient (Wildman–Crippen LogP) is 10.3. The second-order valence-corrected chi connectivity index (χ2v) is 10.7. The monoisotopic (exact) mass is 522 g/mol. The van der Waals surface area contributed by atoms with Gasteiger partial charge in [-0.15, -0.1) is 10.2 Å². The molecule has 190 valence electrons. The topological polar surface area (TPSA) is 38.9 Å². The summed E-state index contributed by atoms with van der Waals surface area (Å²) in [6, 6.07) is 47.4.